The van der Waals surface area contributed by atoms with E-state index >= 15 is 0 Å². The van der Waals surface area contributed by atoms with E-state index in [9.17, 15) is 9.18 Å². The fraction of sp³-hybridized carbons (Fsp3) is 0.375. The van der Waals surface area contributed by atoms with Gasteiger partial charge >= 0.3 is 0 Å². The van der Waals surface area contributed by atoms with Crippen molar-refractivity contribution in [1.29, 1.82) is 0 Å². The van der Waals surface area contributed by atoms with Crippen molar-refractivity contribution in [2.75, 3.05) is 43.2 Å². The van der Waals surface area contributed by atoms with Gasteiger partial charge in [0.1, 0.15) is 5.82 Å². The van der Waals surface area contributed by atoms with Gasteiger partial charge in [-0.05, 0) is 82.4 Å². The standard InChI is InChI=1S/C24H29FN6OS/c1-17(29(2)3)23-27-28-24(31(23)21-10-6-18(25)7-11-21)33-16-22(32)26-19-8-12-20(13-9-19)30-14-4-5-15-30/h6-13,17H,4-5,14-16H2,1-3H3,(H,26,32)/t17-/m1/s1. The summed E-state index contributed by atoms with van der Waals surface area (Å²) in [5, 5.41) is 12.2. The molecular formula is C24H29FN6OS. The van der Waals surface area contributed by atoms with E-state index in [1.165, 1.54) is 42.4 Å². The van der Waals surface area contributed by atoms with Gasteiger partial charge in [0.25, 0.3) is 0 Å². The maximum absolute atomic E-state index is 13.5. The fourth-order valence-corrected chi connectivity index (χ4v) is 4.53. The Balaban J connectivity index is 1.45. The number of nitrogens with zero attached hydrogens (tertiary/aromatic N) is 5. The van der Waals surface area contributed by atoms with Crippen LogP contribution in [0.5, 0.6) is 0 Å². The molecule has 1 N–H and O–H groups in total. The SMILES string of the molecule is C[C@H](c1nnc(SCC(=O)Nc2ccc(N3CCCC3)cc2)n1-c1ccc(F)cc1)N(C)C. The second-order valence-corrected chi connectivity index (χ2v) is 9.31. The normalized spacial score (nSPS) is 14.6. The van der Waals surface area contributed by atoms with Crippen molar-refractivity contribution < 1.29 is 9.18 Å². The molecule has 1 aliphatic heterocycles. The molecule has 0 unspecified atom stereocenters. The molecule has 1 aliphatic rings. The first-order valence-corrected chi connectivity index (χ1v) is 12.1. The zero-order valence-electron chi connectivity index (χ0n) is 19.2. The van der Waals surface area contributed by atoms with Gasteiger partial charge in [-0.25, -0.2) is 4.39 Å². The van der Waals surface area contributed by atoms with Gasteiger partial charge in [-0.2, -0.15) is 0 Å². The first-order valence-electron chi connectivity index (χ1n) is 11.1. The molecule has 0 radical (unpaired) electrons. The number of rotatable bonds is 8. The van der Waals surface area contributed by atoms with Crippen molar-refractivity contribution in [3.8, 4) is 5.69 Å². The van der Waals surface area contributed by atoms with Crippen molar-refractivity contribution in [2.24, 2.45) is 0 Å². The summed E-state index contributed by atoms with van der Waals surface area (Å²) in [4.78, 5) is 17.0. The highest BCUT2D eigenvalue weighted by Crippen LogP contribution is 2.27. The highest BCUT2D eigenvalue weighted by atomic mass is 32.2. The van der Waals surface area contributed by atoms with Crippen LogP contribution in [-0.2, 0) is 4.79 Å². The molecule has 3 aromatic rings. The predicted molar refractivity (Wildman–Crippen MR) is 131 cm³/mol. The van der Waals surface area contributed by atoms with E-state index < -0.39 is 0 Å². The molecule has 1 aromatic heterocycles. The Bertz CT molecular complexity index is 1080. The minimum absolute atomic E-state index is 0.0140. The number of anilines is 2. The van der Waals surface area contributed by atoms with Crippen LogP contribution in [0.3, 0.4) is 0 Å². The van der Waals surface area contributed by atoms with Gasteiger partial charge in [0.05, 0.1) is 11.8 Å². The van der Waals surface area contributed by atoms with Crippen LogP contribution < -0.4 is 10.2 Å². The third-order valence-corrected chi connectivity index (χ3v) is 6.78. The average molecular weight is 469 g/mol. The third kappa shape index (κ3) is 5.54. The number of benzene rings is 2. The lowest BCUT2D eigenvalue weighted by atomic mass is 10.2. The van der Waals surface area contributed by atoms with Gasteiger partial charge in [-0.3, -0.25) is 14.3 Å². The molecule has 1 saturated heterocycles. The Kier molecular flexibility index (Phi) is 7.29. The molecule has 9 heteroatoms. The molecule has 0 spiro atoms. The molecule has 174 valence electrons. The van der Waals surface area contributed by atoms with Gasteiger partial charge < -0.3 is 10.2 Å². The first kappa shape index (κ1) is 23.3. The summed E-state index contributed by atoms with van der Waals surface area (Å²) in [6.45, 7) is 4.20. The number of hydrogen-bond donors (Lipinski definition) is 1. The highest BCUT2D eigenvalue weighted by Gasteiger charge is 2.21. The number of carbonyl (C=O) groups excluding carboxylic acids is 1. The number of amides is 1. The molecule has 33 heavy (non-hydrogen) atoms. The number of aromatic nitrogens is 3. The summed E-state index contributed by atoms with van der Waals surface area (Å²) in [6.07, 6.45) is 2.46. The van der Waals surface area contributed by atoms with Crippen LogP contribution >= 0.6 is 11.8 Å². The number of nitrogens with one attached hydrogen (secondary N) is 1. The van der Waals surface area contributed by atoms with Crippen LogP contribution in [0.2, 0.25) is 0 Å². The molecular weight excluding hydrogens is 439 g/mol. The number of carbonyl (C=O) groups is 1. The van der Waals surface area contributed by atoms with Crippen LogP contribution in [0, 0.1) is 5.82 Å². The summed E-state index contributed by atoms with van der Waals surface area (Å²) < 4.78 is 15.4. The molecule has 1 amide bonds. The second kappa shape index (κ2) is 10.4. The second-order valence-electron chi connectivity index (χ2n) is 8.37. The van der Waals surface area contributed by atoms with Crippen LogP contribution in [0.4, 0.5) is 15.8 Å². The molecule has 2 aromatic carbocycles. The Labute approximate surface area is 198 Å². The van der Waals surface area contributed by atoms with Crippen LogP contribution in [-0.4, -0.2) is 58.5 Å². The summed E-state index contributed by atoms with van der Waals surface area (Å²) in [6, 6.07) is 14.2. The van der Waals surface area contributed by atoms with Gasteiger partial charge in [-0.1, -0.05) is 11.8 Å². The molecule has 1 fully saturated rings. The lowest BCUT2D eigenvalue weighted by Crippen LogP contribution is -2.21. The van der Waals surface area contributed by atoms with E-state index in [2.05, 4.69) is 20.4 Å². The molecule has 2 heterocycles. The minimum atomic E-state index is -0.307. The van der Waals surface area contributed by atoms with Crippen LogP contribution in [0.15, 0.2) is 53.7 Å². The van der Waals surface area contributed by atoms with E-state index in [0.717, 1.165) is 30.3 Å². The van der Waals surface area contributed by atoms with Gasteiger partial charge in [-0.15, -0.1) is 10.2 Å². The Hall–Kier alpha value is -2.91. The van der Waals surface area contributed by atoms with Crippen molar-refractivity contribution in [3.63, 3.8) is 0 Å². The number of thioether (sulfide) groups is 1. The molecule has 0 bridgehead atoms. The van der Waals surface area contributed by atoms with Crippen molar-refractivity contribution >= 4 is 29.0 Å². The van der Waals surface area contributed by atoms with Gasteiger partial charge in [0.15, 0.2) is 11.0 Å². The first-order chi connectivity index (χ1) is 15.9. The van der Waals surface area contributed by atoms with Crippen molar-refractivity contribution in [3.05, 3.63) is 60.2 Å². The maximum Gasteiger partial charge on any atom is 0.234 e. The molecule has 1 atom stereocenters. The van der Waals surface area contributed by atoms with Gasteiger partial charge in [0.2, 0.25) is 5.91 Å². The number of halogens is 1. The Morgan fingerprint density at radius 1 is 1.06 bits per heavy atom. The summed E-state index contributed by atoms with van der Waals surface area (Å²) in [5.41, 5.74) is 2.71. The molecule has 0 aliphatic carbocycles. The summed E-state index contributed by atoms with van der Waals surface area (Å²) >= 11 is 1.30. The topological polar surface area (TPSA) is 66.3 Å². The quantitative estimate of drug-likeness (QED) is 0.496. The lowest BCUT2D eigenvalue weighted by Gasteiger charge is -2.20. The van der Waals surface area contributed by atoms with Crippen molar-refractivity contribution in [2.45, 2.75) is 31.0 Å². The largest absolute Gasteiger partial charge is 0.372 e. The zero-order valence-corrected chi connectivity index (χ0v) is 20.0. The van der Waals surface area contributed by atoms with E-state index in [-0.39, 0.29) is 23.5 Å². The van der Waals surface area contributed by atoms with E-state index in [0.29, 0.717) is 5.16 Å². The van der Waals surface area contributed by atoms with Crippen LogP contribution in [0.1, 0.15) is 31.6 Å². The Morgan fingerprint density at radius 3 is 2.33 bits per heavy atom. The van der Waals surface area contributed by atoms with E-state index in [1.807, 2.05) is 54.8 Å². The van der Waals surface area contributed by atoms with Crippen LogP contribution in [0.25, 0.3) is 5.69 Å². The third-order valence-electron chi connectivity index (χ3n) is 5.85. The highest BCUT2D eigenvalue weighted by molar-refractivity contribution is 7.99. The monoisotopic (exact) mass is 468 g/mol. The maximum atomic E-state index is 13.5. The molecule has 7 nitrogen and oxygen atoms in total. The predicted octanol–water partition coefficient (Wildman–Crippen LogP) is 4.36. The Morgan fingerprint density at radius 2 is 1.70 bits per heavy atom. The van der Waals surface area contributed by atoms with E-state index in [4.69, 9.17) is 0 Å². The average Bonchev–Trinajstić information content (AvgIpc) is 3.49. The number of hydrogen-bond acceptors (Lipinski definition) is 6. The molecule has 0 saturated carbocycles. The lowest BCUT2D eigenvalue weighted by molar-refractivity contribution is -0.113. The summed E-state index contributed by atoms with van der Waals surface area (Å²) in [5.74, 6) is 0.485. The smallest absolute Gasteiger partial charge is 0.234 e. The minimum Gasteiger partial charge on any atom is -0.372 e. The van der Waals surface area contributed by atoms with E-state index in [1.54, 1.807) is 12.1 Å². The van der Waals surface area contributed by atoms with Gasteiger partial charge in [0, 0.05) is 30.2 Å². The van der Waals surface area contributed by atoms with Crippen molar-refractivity contribution in [1.82, 2.24) is 19.7 Å². The summed E-state index contributed by atoms with van der Waals surface area (Å²) in [7, 11) is 3.92. The fourth-order valence-electron chi connectivity index (χ4n) is 3.77. The zero-order chi connectivity index (χ0) is 23.4. The molecule has 4 rings (SSSR count).